The maximum Gasteiger partial charge on any atom is 0.357 e. The first-order valence-corrected chi connectivity index (χ1v) is 6.65. The number of rotatable bonds is 3. The number of halogens is 1. The van der Waals surface area contributed by atoms with Crippen molar-refractivity contribution in [3.05, 3.63) is 11.1 Å². The number of carbonyl (C=O) groups excluding carboxylic acids is 1. The molecule has 0 bridgehead atoms. The predicted molar refractivity (Wildman–Crippen MR) is 65.9 cm³/mol. The van der Waals surface area contributed by atoms with Crippen LogP contribution in [0, 0.1) is 0 Å². The number of hydrogen-bond donors (Lipinski definition) is 0. The Bertz CT molecular complexity index is 399. The summed E-state index contributed by atoms with van der Waals surface area (Å²) in [6.45, 7) is 3.89. The van der Waals surface area contributed by atoms with E-state index in [1.807, 2.05) is 4.90 Å². The van der Waals surface area contributed by atoms with Gasteiger partial charge < -0.3 is 14.4 Å². The Labute approximate surface area is 108 Å². The Balaban J connectivity index is 2.09. The highest BCUT2D eigenvalue weighted by Gasteiger charge is 2.24. The van der Waals surface area contributed by atoms with E-state index in [-0.39, 0.29) is 5.50 Å². The Morgan fingerprint density at radius 2 is 2.65 bits per heavy atom. The zero-order valence-corrected chi connectivity index (χ0v) is 11.0. The smallest absolute Gasteiger partial charge is 0.357 e. The fraction of sp³-hybridized carbons (Fsp3) is 0.600. The number of ether oxygens (including phenoxy) is 2. The number of hydrogen-bond acceptors (Lipinski definition) is 6. The molecule has 1 aromatic heterocycles. The van der Waals surface area contributed by atoms with E-state index < -0.39 is 5.97 Å². The van der Waals surface area contributed by atoms with Gasteiger partial charge in [0.25, 0.3) is 0 Å². The molecule has 0 spiro atoms. The molecule has 1 aliphatic heterocycles. The molecule has 0 aliphatic carbocycles. The van der Waals surface area contributed by atoms with E-state index in [2.05, 4.69) is 4.98 Å². The van der Waals surface area contributed by atoms with Crippen molar-refractivity contribution in [1.29, 1.82) is 0 Å². The van der Waals surface area contributed by atoms with E-state index in [9.17, 15) is 4.79 Å². The van der Waals surface area contributed by atoms with Crippen LogP contribution in [-0.4, -0.2) is 42.8 Å². The number of carbonyl (C=O) groups is 1. The van der Waals surface area contributed by atoms with Gasteiger partial charge in [0.1, 0.15) is 5.50 Å². The molecular weight excluding hydrogens is 264 g/mol. The summed E-state index contributed by atoms with van der Waals surface area (Å²) in [4.78, 5) is 17.6. The number of alkyl halides is 1. The van der Waals surface area contributed by atoms with Gasteiger partial charge in [-0.05, 0) is 6.92 Å². The van der Waals surface area contributed by atoms with Gasteiger partial charge in [0, 0.05) is 11.9 Å². The largest absolute Gasteiger partial charge is 0.461 e. The third kappa shape index (κ3) is 2.88. The van der Waals surface area contributed by atoms with Crippen LogP contribution < -0.4 is 4.90 Å². The third-order valence-corrected chi connectivity index (χ3v) is 3.53. The van der Waals surface area contributed by atoms with E-state index >= 15 is 0 Å². The van der Waals surface area contributed by atoms with E-state index in [1.165, 1.54) is 11.3 Å². The lowest BCUT2D eigenvalue weighted by atomic mass is 10.4. The van der Waals surface area contributed by atoms with Crippen LogP contribution in [0.2, 0.25) is 0 Å². The topological polar surface area (TPSA) is 51.7 Å². The molecule has 1 fully saturated rings. The first-order valence-electron chi connectivity index (χ1n) is 5.33. The minimum Gasteiger partial charge on any atom is -0.461 e. The van der Waals surface area contributed by atoms with Crippen molar-refractivity contribution in [2.24, 2.45) is 0 Å². The lowest BCUT2D eigenvalue weighted by molar-refractivity contribution is 0.0520. The maximum atomic E-state index is 11.5. The Hall–Kier alpha value is -0.850. The predicted octanol–water partition coefficient (Wildman–Crippen LogP) is 1.72. The molecule has 1 unspecified atom stereocenters. The van der Waals surface area contributed by atoms with Crippen molar-refractivity contribution in [1.82, 2.24) is 4.98 Å². The molecule has 2 heterocycles. The SMILES string of the molecule is CCOC(=O)c1csc(N2CCOCC2Cl)n1. The second-order valence-corrected chi connectivity index (χ2v) is 4.78. The van der Waals surface area contributed by atoms with E-state index in [0.29, 0.717) is 32.1 Å². The van der Waals surface area contributed by atoms with E-state index in [1.54, 1.807) is 12.3 Å². The van der Waals surface area contributed by atoms with Gasteiger partial charge in [-0.2, -0.15) is 0 Å². The van der Waals surface area contributed by atoms with Crippen LogP contribution in [0.15, 0.2) is 5.38 Å². The molecular formula is C10H13ClN2O3S. The average Bonchev–Trinajstić information content (AvgIpc) is 2.79. The summed E-state index contributed by atoms with van der Waals surface area (Å²) in [5, 5.41) is 2.42. The van der Waals surface area contributed by atoms with Gasteiger partial charge in [-0.25, -0.2) is 9.78 Å². The van der Waals surface area contributed by atoms with E-state index in [4.69, 9.17) is 21.1 Å². The standard InChI is InChI=1S/C10H13ClN2O3S/c1-2-16-9(14)7-6-17-10(12-7)13-3-4-15-5-8(13)11/h6,8H,2-5H2,1H3. The first kappa shape index (κ1) is 12.6. The number of anilines is 1. The third-order valence-electron chi connectivity index (χ3n) is 2.29. The van der Waals surface area contributed by atoms with Crippen molar-refractivity contribution in [2.75, 3.05) is 31.3 Å². The average molecular weight is 277 g/mol. The lowest BCUT2D eigenvalue weighted by Gasteiger charge is -2.31. The molecule has 0 amide bonds. The zero-order chi connectivity index (χ0) is 12.3. The molecule has 5 nitrogen and oxygen atoms in total. The van der Waals surface area contributed by atoms with Crippen LogP contribution in [0.1, 0.15) is 17.4 Å². The quantitative estimate of drug-likeness (QED) is 0.478. The Morgan fingerprint density at radius 1 is 1.82 bits per heavy atom. The lowest BCUT2D eigenvalue weighted by Crippen LogP contribution is -2.42. The number of morpholine rings is 1. The molecule has 0 N–H and O–H groups in total. The zero-order valence-electron chi connectivity index (χ0n) is 9.39. The van der Waals surface area contributed by atoms with Crippen molar-refractivity contribution in [3.63, 3.8) is 0 Å². The second kappa shape index (κ2) is 5.66. The summed E-state index contributed by atoms with van der Waals surface area (Å²) >= 11 is 7.51. The van der Waals surface area contributed by atoms with Gasteiger partial charge >= 0.3 is 5.97 Å². The maximum absolute atomic E-state index is 11.5. The normalized spacial score (nSPS) is 20.4. The van der Waals surface area contributed by atoms with Crippen LogP contribution in [0.5, 0.6) is 0 Å². The van der Waals surface area contributed by atoms with Crippen molar-refractivity contribution in [2.45, 2.75) is 12.4 Å². The van der Waals surface area contributed by atoms with Gasteiger partial charge in [0.15, 0.2) is 10.8 Å². The van der Waals surface area contributed by atoms with Gasteiger partial charge in [-0.3, -0.25) is 0 Å². The van der Waals surface area contributed by atoms with Crippen LogP contribution in [0.3, 0.4) is 0 Å². The molecule has 0 radical (unpaired) electrons. The highest BCUT2D eigenvalue weighted by molar-refractivity contribution is 7.14. The van der Waals surface area contributed by atoms with Crippen LogP contribution >= 0.6 is 22.9 Å². The fourth-order valence-electron chi connectivity index (χ4n) is 1.48. The van der Waals surface area contributed by atoms with Crippen molar-refractivity contribution in [3.8, 4) is 0 Å². The number of esters is 1. The molecule has 2 rings (SSSR count). The molecule has 7 heteroatoms. The fourth-order valence-corrected chi connectivity index (χ4v) is 2.69. The highest BCUT2D eigenvalue weighted by atomic mass is 35.5. The van der Waals surface area contributed by atoms with Gasteiger partial charge in [0.2, 0.25) is 0 Å². The monoisotopic (exact) mass is 276 g/mol. The molecule has 17 heavy (non-hydrogen) atoms. The number of nitrogens with zero attached hydrogens (tertiary/aromatic N) is 2. The second-order valence-electron chi connectivity index (χ2n) is 3.44. The van der Waals surface area contributed by atoms with Crippen LogP contribution in [-0.2, 0) is 9.47 Å². The molecule has 1 saturated heterocycles. The molecule has 0 saturated carbocycles. The Kier molecular flexibility index (Phi) is 4.20. The molecule has 94 valence electrons. The summed E-state index contributed by atoms with van der Waals surface area (Å²) in [5.41, 5.74) is 0.104. The van der Waals surface area contributed by atoms with Crippen molar-refractivity contribution < 1.29 is 14.3 Å². The summed E-state index contributed by atoms with van der Waals surface area (Å²) in [6, 6.07) is 0. The summed E-state index contributed by atoms with van der Waals surface area (Å²) in [6.07, 6.45) is 0. The van der Waals surface area contributed by atoms with Gasteiger partial charge in [-0.1, -0.05) is 11.6 Å². The number of aromatic nitrogens is 1. The molecule has 1 atom stereocenters. The number of thiazole rings is 1. The summed E-state index contributed by atoms with van der Waals surface area (Å²) < 4.78 is 10.1. The van der Waals surface area contributed by atoms with Gasteiger partial charge in [0.05, 0.1) is 19.8 Å². The van der Waals surface area contributed by atoms with Crippen molar-refractivity contribution >= 4 is 34.0 Å². The molecule has 0 aromatic carbocycles. The van der Waals surface area contributed by atoms with E-state index in [0.717, 1.165) is 5.13 Å². The van der Waals surface area contributed by atoms with Gasteiger partial charge in [-0.15, -0.1) is 11.3 Å². The Morgan fingerprint density at radius 3 is 3.35 bits per heavy atom. The molecule has 1 aliphatic rings. The summed E-state index contributed by atoms with van der Waals surface area (Å²) in [7, 11) is 0. The van der Waals surface area contributed by atoms with Crippen LogP contribution in [0.25, 0.3) is 0 Å². The van der Waals surface area contributed by atoms with Crippen LogP contribution in [0.4, 0.5) is 5.13 Å². The molecule has 1 aromatic rings. The highest BCUT2D eigenvalue weighted by Crippen LogP contribution is 2.25. The first-order chi connectivity index (χ1) is 8.22. The summed E-state index contributed by atoms with van der Waals surface area (Å²) in [5.74, 6) is -0.394. The minimum absolute atomic E-state index is 0.232. The minimum atomic E-state index is -0.394.